The van der Waals surface area contributed by atoms with E-state index in [-0.39, 0.29) is 39.7 Å². The molecule has 5 rings (SSSR count). The zero-order chi connectivity index (χ0) is 27.0. The van der Waals surface area contributed by atoms with Gasteiger partial charge in [0.05, 0.1) is 0 Å². The van der Waals surface area contributed by atoms with Gasteiger partial charge in [0, 0.05) is 24.7 Å². The zero-order valence-corrected chi connectivity index (χ0v) is 24.9. The van der Waals surface area contributed by atoms with E-state index in [2.05, 4.69) is 47.6 Å². The van der Waals surface area contributed by atoms with Crippen LogP contribution in [0.1, 0.15) is 120 Å². The normalized spacial score (nSPS) is 45.7. The third-order valence-electron chi connectivity index (χ3n) is 12.9. The molecule has 5 aliphatic rings. The van der Waals surface area contributed by atoms with Crippen LogP contribution in [-0.4, -0.2) is 24.6 Å². The van der Waals surface area contributed by atoms with Crippen LogP contribution in [0, 0.1) is 50.7 Å². The zero-order valence-electron chi connectivity index (χ0n) is 24.9. The fourth-order valence-corrected chi connectivity index (χ4v) is 11.1. The maximum absolute atomic E-state index is 12.2. The van der Waals surface area contributed by atoms with Gasteiger partial charge in [-0.05, 0) is 104 Å². The topological polar surface area (TPSA) is 52.6 Å². The highest BCUT2D eigenvalue weighted by Gasteiger charge is 2.68. The van der Waals surface area contributed by atoms with Crippen molar-refractivity contribution in [1.29, 1.82) is 0 Å². The van der Waals surface area contributed by atoms with Crippen LogP contribution in [0.3, 0.4) is 0 Å². The molecule has 0 aromatic rings. The lowest BCUT2D eigenvalue weighted by atomic mass is 9.34. The number of ether oxygens (including phenoxy) is 2. The van der Waals surface area contributed by atoms with Crippen LogP contribution in [-0.2, 0) is 19.1 Å². The van der Waals surface area contributed by atoms with Gasteiger partial charge in [-0.2, -0.15) is 0 Å². The molecule has 4 heteroatoms. The summed E-state index contributed by atoms with van der Waals surface area (Å²) < 4.78 is 11.9. The van der Waals surface area contributed by atoms with Crippen LogP contribution in [0.5, 0.6) is 0 Å². The summed E-state index contributed by atoms with van der Waals surface area (Å²) in [5, 5.41) is 0. The Morgan fingerprint density at radius 2 is 1.57 bits per heavy atom. The van der Waals surface area contributed by atoms with Gasteiger partial charge in [-0.3, -0.25) is 9.59 Å². The molecule has 8 atom stereocenters. The van der Waals surface area contributed by atoms with Gasteiger partial charge in [0.15, 0.2) is 0 Å². The quantitative estimate of drug-likeness (QED) is 0.285. The van der Waals surface area contributed by atoms with Crippen molar-refractivity contribution < 1.29 is 19.1 Å². The van der Waals surface area contributed by atoms with Crippen LogP contribution in [0.25, 0.3) is 0 Å². The monoisotopic (exact) mass is 512 g/mol. The van der Waals surface area contributed by atoms with Crippen molar-refractivity contribution in [3.8, 4) is 0 Å². The van der Waals surface area contributed by atoms with Gasteiger partial charge >= 0.3 is 11.9 Å². The Morgan fingerprint density at radius 1 is 0.865 bits per heavy atom. The Balaban J connectivity index is 1.56. The average Bonchev–Trinajstić information content (AvgIpc) is 2.78. The van der Waals surface area contributed by atoms with Crippen molar-refractivity contribution in [2.24, 2.45) is 50.7 Å². The van der Waals surface area contributed by atoms with Gasteiger partial charge in [0.2, 0.25) is 0 Å². The third kappa shape index (κ3) is 4.05. The van der Waals surface area contributed by atoms with E-state index >= 15 is 0 Å². The number of carbonyl (C=O) groups excluding carboxylic acids is 2. The van der Waals surface area contributed by atoms with E-state index in [9.17, 15) is 9.59 Å². The summed E-state index contributed by atoms with van der Waals surface area (Å²) in [6.07, 6.45) is 14.5. The molecule has 4 saturated carbocycles. The molecule has 208 valence electrons. The predicted octanol–water partition coefficient (Wildman–Crippen LogP) is 7.89. The first-order valence-electron chi connectivity index (χ1n) is 15.2. The fraction of sp³-hybridized carbons (Fsp3) is 0.879. The number of carbonyl (C=O) groups is 2. The summed E-state index contributed by atoms with van der Waals surface area (Å²) in [7, 11) is 0. The standard InChI is InChI=1S/C33H52O4/c1-21(34)36-20-33-18-12-23-11-15-29(3,4)19-24(23)25(33)9-10-27-31(7)16-14-28(37-22(2)35)30(5,6)26(31)13-17-32(27,33)8/h9,23-24,26-28H,10-20H2,1-8H3/t23-,24-,26?,27-,28+,31+,32-,33+/m1/s1. The first-order valence-corrected chi connectivity index (χ1v) is 15.2. The molecule has 0 N–H and O–H groups in total. The number of rotatable bonds is 3. The second-order valence-electron chi connectivity index (χ2n) is 15.6. The van der Waals surface area contributed by atoms with E-state index in [0.717, 1.165) is 44.4 Å². The lowest BCUT2D eigenvalue weighted by Crippen LogP contribution is -2.65. The van der Waals surface area contributed by atoms with E-state index in [4.69, 9.17) is 9.47 Å². The fourth-order valence-electron chi connectivity index (χ4n) is 11.1. The van der Waals surface area contributed by atoms with E-state index in [1.165, 1.54) is 25.7 Å². The summed E-state index contributed by atoms with van der Waals surface area (Å²) in [5.41, 5.74) is 2.23. The third-order valence-corrected chi connectivity index (χ3v) is 12.9. The molecule has 1 unspecified atom stereocenters. The van der Waals surface area contributed by atoms with Gasteiger partial charge < -0.3 is 9.47 Å². The van der Waals surface area contributed by atoms with E-state index in [1.807, 2.05) is 0 Å². The highest BCUT2D eigenvalue weighted by Crippen LogP contribution is 2.74. The van der Waals surface area contributed by atoms with Gasteiger partial charge in [0.25, 0.3) is 0 Å². The lowest BCUT2D eigenvalue weighted by molar-refractivity contribution is -0.218. The first-order chi connectivity index (χ1) is 17.2. The molecule has 5 aliphatic carbocycles. The maximum Gasteiger partial charge on any atom is 0.302 e. The minimum Gasteiger partial charge on any atom is -0.465 e. The van der Waals surface area contributed by atoms with Crippen LogP contribution < -0.4 is 0 Å². The Bertz CT molecular complexity index is 977. The summed E-state index contributed by atoms with van der Waals surface area (Å²) in [5.74, 6) is 2.18. The molecule has 0 saturated heterocycles. The number of fused-ring (bicyclic) bond motifs is 7. The van der Waals surface area contributed by atoms with Gasteiger partial charge in [-0.15, -0.1) is 0 Å². The Labute approximate surface area is 225 Å². The van der Waals surface area contributed by atoms with Crippen molar-refractivity contribution >= 4 is 11.9 Å². The van der Waals surface area contributed by atoms with Crippen molar-refractivity contribution in [1.82, 2.24) is 0 Å². The molecule has 4 fully saturated rings. The molecule has 0 spiro atoms. The SMILES string of the molecule is CC(=O)OC[C@@]12CC[C@H]3CCC(C)(C)C[C@H]3C1=CC[C@@H]1[C@@]3(C)CC[C@H](OC(C)=O)C(C)(C)C3CC[C@]12C. The molecule has 0 aromatic carbocycles. The molecular weight excluding hydrogens is 460 g/mol. The molecule has 0 aromatic heterocycles. The minimum atomic E-state index is -0.153. The van der Waals surface area contributed by atoms with E-state index in [0.29, 0.717) is 29.8 Å². The number of allylic oxidation sites excluding steroid dienone is 1. The number of esters is 2. The maximum atomic E-state index is 12.2. The number of hydrogen-bond donors (Lipinski definition) is 0. The van der Waals surface area contributed by atoms with Crippen molar-refractivity contribution in [3.63, 3.8) is 0 Å². The van der Waals surface area contributed by atoms with E-state index in [1.54, 1.807) is 19.4 Å². The molecule has 37 heavy (non-hydrogen) atoms. The number of hydrogen-bond acceptors (Lipinski definition) is 4. The van der Waals surface area contributed by atoms with Crippen LogP contribution in [0.4, 0.5) is 0 Å². The first kappa shape index (κ1) is 27.3. The Hall–Kier alpha value is -1.32. The van der Waals surface area contributed by atoms with Gasteiger partial charge in [0.1, 0.15) is 12.7 Å². The predicted molar refractivity (Wildman–Crippen MR) is 147 cm³/mol. The highest BCUT2D eigenvalue weighted by atomic mass is 16.5. The van der Waals surface area contributed by atoms with Crippen molar-refractivity contribution in [3.05, 3.63) is 11.6 Å². The Morgan fingerprint density at radius 3 is 2.24 bits per heavy atom. The molecule has 0 aliphatic heterocycles. The van der Waals surface area contributed by atoms with Crippen LogP contribution in [0.2, 0.25) is 0 Å². The molecule has 0 radical (unpaired) electrons. The summed E-state index contributed by atoms with van der Waals surface area (Å²) >= 11 is 0. The van der Waals surface area contributed by atoms with Crippen LogP contribution in [0.15, 0.2) is 11.6 Å². The molecule has 4 nitrogen and oxygen atoms in total. The minimum absolute atomic E-state index is 0.00274. The second-order valence-corrected chi connectivity index (χ2v) is 15.6. The summed E-state index contributed by atoms with van der Waals surface area (Å²) in [4.78, 5) is 24.2. The Kier molecular flexibility index (Phi) is 6.52. The molecule has 0 heterocycles. The summed E-state index contributed by atoms with van der Waals surface area (Å²) in [6, 6.07) is 0. The van der Waals surface area contributed by atoms with Crippen molar-refractivity contribution in [2.45, 2.75) is 126 Å². The van der Waals surface area contributed by atoms with Gasteiger partial charge in [-0.25, -0.2) is 0 Å². The second kappa shape index (κ2) is 8.85. The summed E-state index contributed by atoms with van der Waals surface area (Å²) in [6.45, 7) is 18.4. The van der Waals surface area contributed by atoms with Gasteiger partial charge in [-0.1, -0.05) is 53.2 Å². The average molecular weight is 513 g/mol. The molecule has 0 bridgehead atoms. The van der Waals surface area contributed by atoms with E-state index < -0.39 is 0 Å². The lowest BCUT2D eigenvalue weighted by Gasteiger charge is -2.70. The highest BCUT2D eigenvalue weighted by molar-refractivity contribution is 5.66. The smallest absolute Gasteiger partial charge is 0.302 e. The van der Waals surface area contributed by atoms with Crippen LogP contribution >= 0.6 is 0 Å². The largest absolute Gasteiger partial charge is 0.465 e. The van der Waals surface area contributed by atoms with Crippen molar-refractivity contribution in [2.75, 3.05) is 6.61 Å². The molecular formula is C33H52O4. The molecule has 0 amide bonds.